The lowest BCUT2D eigenvalue weighted by atomic mass is 10.1. The Bertz CT molecular complexity index is 130. The van der Waals surface area contributed by atoms with E-state index in [9.17, 15) is 0 Å². The highest BCUT2D eigenvalue weighted by molar-refractivity contribution is 5.07. The number of rotatable bonds is 2. The summed E-state index contributed by atoms with van der Waals surface area (Å²) >= 11 is 0. The summed E-state index contributed by atoms with van der Waals surface area (Å²) in [6.07, 6.45) is 4.94. The molecule has 0 amide bonds. The van der Waals surface area contributed by atoms with Gasteiger partial charge in [0.05, 0.1) is 0 Å². The second-order valence-electron chi connectivity index (χ2n) is 3.40. The van der Waals surface area contributed by atoms with Crippen LogP contribution >= 0.6 is 0 Å². The molecule has 1 rings (SSSR count). The molecule has 1 aliphatic rings. The van der Waals surface area contributed by atoms with Gasteiger partial charge in [0.25, 0.3) is 0 Å². The van der Waals surface area contributed by atoms with Crippen molar-refractivity contribution < 1.29 is 0 Å². The van der Waals surface area contributed by atoms with E-state index in [4.69, 9.17) is 0 Å². The minimum Gasteiger partial charge on any atom is -0.313 e. The fourth-order valence-corrected chi connectivity index (χ4v) is 1.26. The van der Waals surface area contributed by atoms with Gasteiger partial charge >= 0.3 is 0 Å². The van der Waals surface area contributed by atoms with Gasteiger partial charge in [-0.1, -0.05) is 11.6 Å². The SMILES string of the molecule is CN(C)C/C=C1\CCCNC1. The van der Waals surface area contributed by atoms with E-state index in [1.165, 1.54) is 19.4 Å². The highest BCUT2D eigenvalue weighted by Gasteiger charge is 2.02. The Morgan fingerprint density at radius 3 is 2.91 bits per heavy atom. The molecule has 0 aromatic carbocycles. The molecule has 0 spiro atoms. The van der Waals surface area contributed by atoms with Gasteiger partial charge in [0.15, 0.2) is 0 Å². The predicted molar refractivity (Wildman–Crippen MR) is 48.7 cm³/mol. The summed E-state index contributed by atoms with van der Waals surface area (Å²) < 4.78 is 0. The van der Waals surface area contributed by atoms with Gasteiger partial charge in [0, 0.05) is 13.1 Å². The van der Waals surface area contributed by atoms with Gasteiger partial charge in [0.1, 0.15) is 0 Å². The Balaban J connectivity index is 2.26. The molecule has 0 atom stereocenters. The van der Waals surface area contributed by atoms with Crippen molar-refractivity contribution in [2.24, 2.45) is 0 Å². The normalized spacial score (nSPS) is 23.0. The lowest BCUT2D eigenvalue weighted by molar-refractivity contribution is 0.453. The van der Waals surface area contributed by atoms with Crippen LogP contribution in [0.3, 0.4) is 0 Å². The minimum absolute atomic E-state index is 1.08. The number of nitrogens with zero attached hydrogens (tertiary/aromatic N) is 1. The Hall–Kier alpha value is -0.340. The molecule has 1 aliphatic heterocycles. The maximum Gasteiger partial charge on any atom is 0.0165 e. The Kier molecular flexibility index (Phi) is 3.60. The maximum atomic E-state index is 3.37. The monoisotopic (exact) mass is 154 g/mol. The molecule has 0 unspecified atom stereocenters. The molecule has 1 fully saturated rings. The molecule has 1 N–H and O–H groups in total. The van der Waals surface area contributed by atoms with Crippen molar-refractivity contribution >= 4 is 0 Å². The molecule has 1 saturated heterocycles. The molecule has 0 aliphatic carbocycles. The molecule has 0 aromatic heterocycles. The summed E-state index contributed by atoms with van der Waals surface area (Å²) in [6.45, 7) is 3.38. The number of hydrogen-bond donors (Lipinski definition) is 1. The van der Waals surface area contributed by atoms with E-state index < -0.39 is 0 Å². The van der Waals surface area contributed by atoms with Crippen LogP contribution in [-0.2, 0) is 0 Å². The topological polar surface area (TPSA) is 15.3 Å². The van der Waals surface area contributed by atoms with Crippen LogP contribution in [-0.4, -0.2) is 38.6 Å². The number of piperidine rings is 1. The standard InChI is InChI=1S/C9H18N2/c1-11(2)7-5-9-4-3-6-10-8-9/h5,10H,3-4,6-8H2,1-2H3/b9-5+. The van der Waals surface area contributed by atoms with Crippen LogP contribution in [0, 0.1) is 0 Å². The zero-order chi connectivity index (χ0) is 8.10. The molecule has 0 aromatic rings. The molecule has 64 valence electrons. The molecule has 11 heavy (non-hydrogen) atoms. The van der Waals surface area contributed by atoms with E-state index in [0.717, 1.165) is 13.1 Å². The molecular formula is C9H18N2. The summed E-state index contributed by atoms with van der Waals surface area (Å²) in [5.74, 6) is 0. The van der Waals surface area contributed by atoms with Crippen LogP contribution in [0.25, 0.3) is 0 Å². The van der Waals surface area contributed by atoms with E-state index >= 15 is 0 Å². The van der Waals surface area contributed by atoms with Gasteiger partial charge in [-0.05, 0) is 33.5 Å². The highest BCUT2D eigenvalue weighted by atomic mass is 15.0. The third-order valence-corrected chi connectivity index (χ3v) is 1.95. The van der Waals surface area contributed by atoms with Crippen molar-refractivity contribution in [1.29, 1.82) is 0 Å². The van der Waals surface area contributed by atoms with Crippen LogP contribution in [0.1, 0.15) is 12.8 Å². The van der Waals surface area contributed by atoms with Gasteiger partial charge in [-0.2, -0.15) is 0 Å². The largest absolute Gasteiger partial charge is 0.313 e. The van der Waals surface area contributed by atoms with Crippen molar-refractivity contribution in [3.8, 4) is 0 Å². The molecule has 2 heteroatoms. The molecule has 0 radical (unpaired) electrons. The highest BCUT2D eigenvalue weighted by Crippen LogP contribution is 2.07. The van der Waals surface area contributed by atoms with Gasteiger partial charge < -0.3 is 10.2 Å². The summed E-state index contributed by atoms with van der Waals surface area (Å²) in [5.41, 5.74) is 1.57. The Morgan fingerprint density at radius 1 is 1.55 bits per heavy atom. The first kappa shape index (κ1) is 8.75. The minimum atomic E-state index is 1.08. The van der Waals surface area contributed by atoms with E-state index in [-0.39, 0.29) is 0 Å². The van der Waals surface area contributed by atoms with E-state index in [1.54, 1.807) is 5.57 Å². The average molecular weight is 154 g/mol. The summed E-state index contributed by atoms with van der Waals surface area (Å²) in [5, 5.41) is 3.37. The smallest absolute Gasteiger partial charge is 0.0165 e. The van der Waals surface area contributed by atoms with Gasteiger partial charge in [0.2, 0.25) is 0 Å². The third kappa shape index (κ3) is 3.54. The van der Waals surface area contributed by atoms with Crippen molar-refractivity contribution in [3.63, 3.8) is 0 Å². The van der Waals surface area contributed by atoms with Gasteiger partial charge in [-0.25, -0.2) is 0 Å². The second kappa shape index (κ2) is 4.52. The van der Waals surface area contributed by atoms with Crippen LogP contribution in [0.2, 0.25) is 0 Å². The van der Waals surface area contributed by atoms with Crippen molar-refractivity contribution in [2.75, 3.05) is 33.7 Å². The summed E-state index contributed by atoms with van der Waals surface area (Å²) in [4.78, 5) is 2.20. The van der Waals surface area contributed by atoms with Gasteiger partial charge in [-0.3, -0.25) is 0 Å². The van der Waals surface area contributed by atoms with E-state index in [0.29, 0.717) is 0 Å². The van der Waals surface area contributed by atoms with Crippen LogP contribution < -0.4 is 5.32 Å². The maximum absolute atomic E-state index is 3.37. The molecule has 2 nitrogen and oxygen atoms in total. The third-order valence-electron chi connectivity index (χ3n) is 1.95. The fourth-order valence-electron chi connectivity index (χ4n) is 1.26. The van der Waals surface area contributed by atoms with Crippen molar-refractivity contribution in [3.05, 3.63) is 11.6 Å². The van der Waals surface area contributed by atoms with Crippen molar-refractivity contribution in [1.82, 2.24) is 10.2 Å². The van der Waals surface area contributed by atoms with Crippen LogP contribution in [0.5, 0.6) is 0 Å². The molecular weight excluding hydrogens is 136 g/mol. The second-order valence-corrected chi connectivity index (χ2v) is 3.40. The first-order valence-corrected chi connectivity index (χ1v) is 4.32. The molecule has 0 saturated carbocycles. The van der Waals surface area contributed by atoms with Crippen molar-refractivity contribution in [2.45, 2.75) is 12.8 Å². The molecule has 1 heterocycles. The lowest BCUT2D eigenvalue weighted by Gasteiger charge is -2.16. The van der Waals surface area contributed by atoms with Crippen LogP contribution in [0.4, 0.5) is 0 Å². The average Bonchev–Trinajstić information content (AvgIpc) is 2.03. The van der Waals surface area contributed by atoms with E-state index in [2.05, 4.69) is 30.4 Å². The zero-order valence-corrected chi connectivity index (χ0v) is 7.56. The zero-order valence-electron chi connectivity index (χ0n) is 7.56. The first-order chi connectivity index (χ1) is 5.29. The quantitative estimate of drug-likeness (QED) is 0.593. The number of nitrogens with one attached hydrogen (secondary N) is 1. The Morgan fingerprint density at radius 2 is 2.36 bits per heavy atom. The van der Waals surface area contributed by atoms with E-state index in [1.807, 2.05) is 0 Å². The number of hydrogen-bond acceptors (Lipinski definition) is 2. The predicted octanol–water partition coefficient (Wildman–Crippen LogP) is 0.858. The molecule has 0 bridgehead atoms. The summed E-state index contributed by atoms with van der Waals surface area (Å²) in [6, 6.07) is 0. The fraction of sp³-hybridized carbons (Fsp3) is 0.778. The van der Waals surface area contributed by atoms with Crippen LogP contribution in [0.15, 0.2) is 11.6 Å². The number of likely N-dealkylation sites (N-methyl/N-ethyl adjacent to an activating group) is 1. The summed E-state index contributed by atoms with van der Waals surface area (Å²) in [7, 11) is 4.21. The van der Waals surface area contributed by atoms with Gasteiger partial charge in [-0.15, -0.1) is 0 Å². The first-order valence-electron chi connectivity index (χ1n) is 4.32. The lowest BCUT2D eigenvalue weighted by Crippen LogP contribution is -2.24. The Labute approximate surface area is 69.3 Å².